The number of piperazine rings is 1. The molecule has 1 aromatic rings. The number of aliphatic hydroxyl groups excluding tert-OH is 1. The van der Waals surface area contributed by atoms with E-state index in [1.165, 1.54) is 5.56 Å². The topological polar surface area (TPSA) is 44.7 Å². The van der Waals surface area contributed by atoms with E-state index < -0.39 is 0 Å². The van der Waals surface area contributed by atoms with Crippen molar-refractivity contribution >= 4 is 0 Å². The van der Waals surface area contributed by atoms with Gasteiger partial charge >= 0.3 is 0 Å². The van der Waals surface area contributed by atoms with Crippen molar-refractivity contribution in [1.29, 1.82) is 0 Å². The number of nitrogens with one attached hydrogen (secondary N) is 1. The van der Waals surface area contributed by atoms with Crippen molar-refractivity contribution in [1.82, 2.24) is 10.2 Å². The maximum atomic E-state index is 10.6. The molecule has 2 atom stereocenters. The molecule has 0 amide bonds. The average molecular weight is 276 g/mol. The van der Waals surface area contributed by atoms with Crippen molar-refractivity contribution in [2.45, 2.75) is 18.9 Å². The second-order valence-electron chi connectivity index (χ2n) is 5.86. The second kappa shape index (κ2) is 6.12. The molecule has 1 aliphatic carbocycles. The first-order chi connectivity index (χ1) is 9.78. The molecule has 0 aromatic heterocycles. The Balaban J connectivity index is 1.70. The van der Waals surface area contributed by atoms with Gasteiger partial charge in [0.25, 0.3) is 0 Å². The SMILES string of the molecule is COc1ccc2c(c1)CC[C@H](CN1CCNCC1)[C@@H]2O. The van der Waals surface area contributed by atoms with E-state index in [1.807, 2.05) is 12.1 Å². The third kappa shape index (κ3) is 2.82. The molecule has 1 saturated heterocycles. The molecule has 0 bridgehead atoms. The number of hydrogen-bond donors (Lipinski definition) is 2. The van der Waals surface area contributed by atoms with E-state index in [0.29, 0.717) is 5.92 Å². The first-order valence-electron chi connectivity index (χ1n) is 7.56. The Hall–Kier alpha value is -1.10. The Morgan fingerprint density at radius 2 is 2.15 bits per heavy atom. The Kier molecular flexibility index (Phi) is 4.24. The Morgan fingerprint density at radius 1 is 1.35 bits per heavy atom. The van der Waals surface area contributed by atoms with Gasteiger partial charge in [-0.25, -0.2) is 0 Å². The minimum absolute atomic E-state index is 0.334. The maximum Gasteiger partial charge on any atom is 0.119 e. The number of rotatable bonds is 3. The predicted octanol–water partition coefficient (Wildman–Crippen LogP) is 1.20. The molecule has 0 spiro atoms. The molecule has 0 unspecified atom stereocenters. The van der Waals surface area contributed by atoms with Crippen LogP contribution >= 0.6 is 0 Å². The number of aryl methyl sites for hydroxylation is 1. The van der Waals surface area contributed by atoms with Gasteiger partial charge < -0.3 is 20.1 Å². The number of fused-ring (bicyclic) bond motifs is 1. The summed E-state index contributed by atoms with van der Waals surface area (Å²) in [6.45, 7) is 5.33. The monoisotopic (exact) mass is 276 g/mol. The van der Waals surface area contributed by atoms with Crippen LogP contribution in [-0.4, -0.2) is 49.8 Å². The van der Waals surface area contributed by atoms with Gasteiger partial charge in [-0.15, -0.1) is 0 Å². The Labute approximate surface area is 120 Å². The highest BCUT2D eigenvalue weighted by Crippen LogP contribution is 2.36. The van der Waals surface area contributed by atoms with Crippen LogP contribution in [0.5, 0.6) is 5.75 Å². The van der Waals surface area contributed by atoms with Crippen LogP contribution in [0, 0.1) is 5.92 Å². The molecule has 3 rings (SSSR count). The van der Waals surface area contributed by atoms with Crippen LogP contribution in [0.2, 0.25) is 0 Å². The van der Waals surface area contributed by atoms with E-state index in [-0.39, 0.29) is 6.10 Å². The third-order valence-electron chi connectivity index (χ3n) is 4.60. The summed E-state index contributed by atoms with van der Waals surface area (Å²) in [7, 11) is 1.69. The van der Waals surface area contributed by atoms with E-state index >= 15 is 0 Å². The van der Waals surface area contributed by atoms with Gasteiger partial charge in [0.15, 0.2) is 0 Å². The first kappa shape index (κ1) is 13.9. The molecule has 0 radical (unpaired) electrons. The zero-order valence-electron chi connectivity index (χ0n) is 12.1. The Morgan fingerprint density at radius 3 is 2.90 bits per heavy atom. The largest absolute Gasteiger partial charge is 0.497 e. The first-order valence-corrected chi connectivity index (χ1v) is 7.56. The number of ether oxygens (including phenoxy) is 1. The molecule has 1 aromatic carbocycles. The lowest BCUT2D eigenvalue weighted by atomic mass is 9.81. The molecular weight excluding hydrogens is 252 g/mol. The maximum absolute atomic E-state index is 10.6. The van der Waals surface area contributed by atoms with Gasteiger partial charge in [0, 0.05) is 38.6 Å². The fourth-order valence-electron chi connectivity index (χ4n) is 3.38. The predicted molar refractivity (Wildman–Crippen MR) is 79.1 cm³/mol. The molecule has 2 aliphatic rings. The molecule has 2 N–H and O–H groups in total. The van der Waals surface area contributed by atoms with E-state index in [4.69, 9.17) is 4.74 Å². The summed E-state index contributed by atoms with van der Waals surface area (Å²) in [5.74, 6) is 1.24. The normalized spacial score (nSPS) is 27.1. The summed E-state index contributed by atoms with van der Waals surface area (Å²) in [4.78, 5) is 2.47. The summed E-state index contributed by atoms with van der Waals surface area (Å²) >= 11 is 0. The lowest BCUT2D eigenvalue weighted by Gasteiger charge is -2.36. The van der Waals surface area contributed by atoms with Gasteiger partial charge in [-0.2, -0.15) is 0 Å². The molecule has 20 heavy (non-hydrogen) atoms. The summed E-state index contributed by atoms with van der Waals surface area (Å²) in [6, 6.07) is 6.05. The quantitative estimate of drug-likeness (QED) is 0.870. The van der Waals surface area contributed by atoms with Crippen LogP contribution in [0.25, 0.3) is 0 Å². The number of hydrogen-bond acceptors (Lipinski definition) is 4. The Bertz CT molecular complexity index is 458. The third-order valence-corrected chi connectivity index (χ3v) is 4.60. The number of nitrogens with zero attached hydrogens (tertiary/aromatic N) is 1. The minimum atomic E-state index is -0.334. The molecule has 1 fully saturated rings. The van der Waals surface area contributed by atoms with E-state index in [9.17, 15) is 5.11 Å². The van der Waals surface area contributed by atoms with Crippen molar-refractivity contribution in [2.75, 3.05) is 39.8 Å². The van der Waals surface area contributed by atoms with Gasteiger partial charge in [-0.3, -0.25) is 0 Å². The van der Waals surface area contributed by atoms with Gasteiger partial charge in [-0.05, 0) is 36.1 Å². The number of benzene rings is 1. The van der Waals surface area contributed by atoms with Crippen molar-refractivity contribution in [3.05, 3.63) is 29.3 Å². The molecular formula is C16H24N2O2. The molecule has 1 heterocycles. The highest BCUT2D eigenvalue weighted by atomic mass is 16.5. The van der Waals surface area contributed by atoms with E-state index in [2.05, 4.69) is 16.3 Å². The zero-order chi connectivity index (χ0) is 13.9. The van der Waals surface area contributed by atoms with Crippen molar-refractivity contribution in [2.24, 2.45) is 5.92 Å². The van der Waals surface area contributed by atoms with Crippen LogP contribution in [0.3, 0.4) is 0 Å². The standard InChI is InChI=1S/C16H24N2O2/c1-20-14-4-5-15-12(10-14)2-3-13(16(15)19)11-18-8-6-17-7-9-18/h4-5,10,13,16-17,19H,2-3,6-9,11H2,1H3/t13-,16+/m1/s1. The number of methoxy groups -OCH3 is 1. The molecule has 110 valence electrons. The highest BCUT2D eigenvalue weighted by Gasteiger charge is 2.29. The van der Waals surface area contributed by atoms with Crippen LogP contribution in [0.1, 0.15) is 23.7 Å². The van der Waals surface area contributed by atoms with Crippen LogP contribution in [0.4, 0.5) is 0 Å². The van der Waals surface area contributed by atoms with Gasteiger partial charge in [0.05, 0.1) is 13.2 Å². The van der Waals surface area contributed by atoms with E-state index in [1.54, 1.807) is 7.11 Å². The van der Waals surface area contributed by atoms with Crippen molar-refractivity contribution in [3.8, 4) is 5.75 Å². The van der Waals surface area contributed by atoms with Crippen LogP contribution in [0.15, 0.2) is 18.2 Å². The van der Waals surface area contributed by atoms with Gasteiger partial charge in [-0.1, -0.05) is 6.07 Å². The summed E-state index contributed by atoms with van der Waals surface area (Å²) < 4.78 is 5.27. The smallest absolute Gasteiger partial charge is 0.119 e. The molecule has 1 aliphatic heterocycles. The van der Waals surface area contributed by atoms with Crippen LogP contribution in [-0.2, 0) is 6.42 Å². The summed E-state index contributed by atoms with van der Waals surface area (Å²) in [5, 5.41) is 14.0. The fraction of sp³-hybridized carbons (Fsp3) is 0.625. The molecule has 4 heteroatoms. The van der Waals surface area contributed by atoms with E-state index in [0.717, 1.165) is 56.9 Å². The summed E-state index contributed by atoms with van der Waals surface area (Å²) in [5.41, 5.74) is 2.34. The summed E-state index contributed by atoms with van der Waals surface area (Å²) in [6.07, 6.45) is 1.77. The van der Waals surface area contributed by atoms with Gasteiger partial charge in [0.2, 0.25) is 0 Å². The van der Waals surface area contributed by atoms with Gasteiger partial charge in [0.1, 0.15) is 5.75 Å². The lowest BCUT2D eigenvalue weighted by Crippen LogP contribution is -2.46. The molecule has 0 saturated carbocycles. The highest BCUT2D eigenvalue weighted by molar-refractivity contribution is 5.38. The average Bonchev–Trinajstić information content (AvgIpc) is 2.51. The number of aliphatic hydroxyl groups is 1. The second-order valence-corrected chi connectivity index (χ2v) is 5.86. The fourth-order valence-corrected chi connectivity index (χ4v) is 3.38. The van der Waals surface area contributed by atoms with Crippen LogP contribution < -0.4 is 10.1 Å². The lowest BCUT2D eigenvalue weighted by molar-refractivity contribution is 0.0624. The zero-order valence-corrected chi connectivity index (χ0v) is 12.1. The van der Waals surface area contributed by atoms with Crippen molar-refractivity contribution < 1.29 is 9.84 Å². The minimum Gasteiger partial charge on any atom is -0.497 e. The van der Waals surface area contributed by atoms with Crippen molar-refractivity contribution in [3.63, 3.8) is 0 Å². The molecule has 4 nitrogen and oxygen atoms in total.